The molecule has 0 spiro atoms. The van der Waals surface area contributed by atoms with Crippen molar-refractivity contribution in [1.82, 2.24) is 0 Å². The van der Waals surface area contributed by atoms with E-state index >= 15 is 0 Å². The van der Waals surface area contributed by atoms with Gasteiger partial charge in [-0.15, -0.1) is 0 Å². The summed E-state index contributed by atoms with van der Waals surface area (Å²) in [6.45, 7) is -0.313. The number of anilines is 1. The molecule has 3 nitrogen and oxygen atoms in total. The van der Waals surface area contributed by atoms with Crippen molar-refractivity contribution < 1.29 is 31.9 Å². The van der Waals surface area contributed by atoms with Gasteiger partial charge in [0, 0.05) is 5.69 Å². The van der Waals surface area contributed by atoms with Gasteiger partial charge in [0.15, 0.2) is 0 Å². The van der Waals surface area contributed by atoms with Crippen molar-refractivity contribution >= 4 is 11.6 Å². The first-order chi connectivity index (χ1) is 8.18. The van der Waals surface area contributed by atoms with Gasteiger partial charge in [0.1, 0.15) is 0 Å². The molecule has 0 heterocycles. The van der Waals surface area contributed by atoms with E-state index in [4.69, 9.17) is 5.11 Å². The van der Waals surface area contributed by atoms with Crippen molar-refractivity contribution in [2.45, 2.75) is 18.7 Å². The molecule has 1 aromatic carbocycles. The van der Waals surface area contributed by atoms with Crippen molar-refractivity contribution in [3.63, 3.8) is 0 Å². The molecule has 0 aromatic heterocycles. The SMILES string of the molecule is O=C(Nc1ccc(CO)cc1)C(F)(F)C(F)(F)F. The van der Waals surface area contributed by atoms with Crippen molar-refractivity contribution in [2.75, 3.05) is 5.32 Å². The summed E-state index contributed by atoms with van der Waals surface area (Å²) in [6.07, 6.45) is -5.94. The largest absolute Gasteiger partial charge is 0.463 e. The highest BCUT2D eigenvalue weighted by molar-refractivity contribution is 5.96. The number of hydrogen-bond acceptors (Lipinski definition) is 2. The molecule has 1 amide bonds. The fourth-order valence-corrected chi connectivity index (χ4v) is 1.03. The van der Waals surface area contributed by atoms with E-state index in [1.807, 2.05) is 0 Å². The Morgan fingerprint density at radius 1 is 1.11 bits per heavy atom. The minimum atomic E-state index is -5.94. The highest BCUT2D eigenvalue weighted by atomic mass is 19.4. The number of amides is 1. The van der Waals surface area contributed by atoms with Gasteiger partial charge in [-0.05, 0) is 17.7 Å². The summed E-state index contributed by atoms with van der Waals surface area (Å²) < 4.78 is 60.7. The fourth-order valence-electron chi connectivity index (χ4n) is 1.03. The Balaban J connectivity index is 2.81. The minimum Gasteiger partial charge on any atom is -0.392 e. The van der Waals surface area contributed by atoms with Crippen LogP contribution in [0.25, 0.3) is 0 Å². The Labute approximate surface area is 98.2 Å². The van der Waals surface area contributed by atoms with Crippen LogP contribution in [-0.4, -0.2) is 23.1 Å². The molecule has 1 rings (SSSR count). The molecule has 18 heavy (non-hydrogen) atoms. The van der Waals surface area contributed by atoms with Gasteiger partial charge in [-0.1, -0.05) is 12.1 Å². The molecule has 0 bridgehead atoms. The van der Waals surface area contributed by atoms with Gasteiger partial charge < -0.3 is 10.4 Å². The van der Waals surface area contributed by atoms with Gasteiger partial charge in [0.25, 0.3) is 0 Å². The van der Waals surface area contributed by atoms with E-state index < -0.39 is 18.0 Å². The number of rotatable bonds is 3. The van der Waals surface area contributed by atoms with Crippen molar-refractivity contribution in [2.24, 2.45) is 0 Å². The molecular formula is C10H8F5NO2. The zero-order valence-electron chi connectivity index (χ0n) is 8.76. The molecule has 8 heteroatoms. The molecule has 0 atom stereocenters. The van der Waals surface area contributed by atoms with Crippen LogP contribution in [0.5, 0.6) is 0 Å². The predicted molar refractivity (Wildman–Crippen MR) is 52.0 cm³/mol. The Morgan fingerprint density at radius 3 is 2.00 bits per heavy atom. The zero-order valence-corrected chi connectivity index (χ0v) is 8.76. The highest BCUT2D eigenvalue weighted by Crippen LogP contribution is 2.36. The molecule has 0 unspecified atom stereocenters. The van der Waals surface area contributed by atoms with Crippen molar-refractivity contribution in [3.8, 4) is 0 Å². The molecule has 0 fully saturated rings. The first-order valence-corrected chi connectivity index (χ1v) is 4.64. The molecule has 2 N–H and O–H groups in total. The maximum atomic E-state index is 12.6. The number of benzene rings is 1. The van der Waals surface area contributed by atoms with Crippen molar-refractivity contribution in [3.05, 3.63) is 29.8 Å². The van der Waals surface area contributed by atoms with Crippen LogP contribution in [0.3, 0.4) is 0 Å². The summed E-state index contributed by atoms with van der Waals surface area (Å²) in [4.78, 5) is 10.8. The average molecular weight is 269 g/mol. The van der Waals surface area contributed by atoms with E-state index in [2.05, 4.69) is 0 Å². The molecule has 0 saturated carbocycles. The Bertz CT molecular complexity index is 427. The summed E-state index contributed by atoms with van der Waals surface area (Å²) in [6, 6.07) is 4.77. The fraction of sp³-hybridized carbons (Fsp3) is 0.300. The van der Waals surface area contributed by atoms with Crippen LogP contribution in [0.2, 0.25) is 0 Å². The summed E-state index contributed by atoms with van der Waals surface area (Å²) >= 11 is 0. The van der Waals surface area contributed by atoms with Gasteiger partial charge in [-0.25, -0.2) is 0 Å². The predicted octanol–water partition coefficient (Wildman–Crippen LogP) is 2.32. The lowest BCUT2D eigenvalue weighted by Gasteiger charge is -2.18. The maximum Gasteiger partial charge on any atom is 0.463 e. The number of halogens is 5. The maximum absolute atomic E-state index is 12.6. The van der Waals surface area contributed by atoms with Gasteiger partial charge in [-0.2, -0.15) is 22.0 Å². The molecule has 0 radical (unpaired) electrons. The van der Waals surface area contributed by atoms with Crippen LogP contribution >= 0.6 is 0 Å². The number of aliphatic hydroxyl groups excluding tert-OH is 1. The van der Waals surface area contributed by atoms with E-state index in [-0.39, 0.29) is 12.3 Å². The van der Waals surface area contributed by atoms with Crippen LogP contribution < -0.4 is 5.32 Å². The lowest BCUT2D eigenvalue weighted by molar-refractivity contribution is -0.267. The van der Waals surface area contributed by atoms with E-state index in [1.165, 1.54) is 17.4 Å². The smallest absolute Gasteiger partial charge is 0.392 e. The number of aliphatic hydroxyl groups is 1. The van der Waals surface area contributed by atoms with Crippen molar-refractivity contribution in [1.29, 1.82) is 0 Å². The standard InChI is InChI=1S/C10H8F5NO2/c11-9(12,10(13,14)15)8(18)16-7-3-1-6(5-17)2-4-7/h1-4,17H,5H2,(H,16,18). The number of carbonyl (C=O) groups is 1. The molecule has 0 aliphatic rings. The summed E-state index contributed by atoms with van der Waals surface area (Å²) in [5, 5.41) is 10.1. The molecular weight excluding hydrogens is 261 g/mol. The number of nitrogens with one attached hydrogen (secondary N) is 1. The molecule has 1 aromatic rings. The van der Waals surface area contributed by atoms with Crippen LogP contribution in [0.1, 0.15) is 5.56 Å². The zero-order chi connectivity index (χ0) is 14.0. The lowest BCUT2D eigenvalue weighted by Crippen LogP contribution is -2.47. The number of alkyl halides is 5. The lowest BCUT2D eigenvalue weighted by atomic mass is 10.2. The monoisotopic (exact) mass is 269 g/mol. The summed E-state index contributed by atoms with van der Waals surface area (Å²) in [7, 11) is 0. The van der Waals surface area contributed by atoms with Crippen LogP contribution in [0, 0.1) is 0 Å². The van der Waals surface area contributed by atoms with Crippen LogP contribution in [0.4, 0.5) is 27.6 Å². The third kappa shape index (κ3) is 2.95. The second-order valence-electron chi connectivity index (χ2n) is 3.38. The molecule has 0 aliphatic heterocycles. The highest BCUT2D eigenvalue weighted by Gasteiger charge is 2.63. The quantitative estimate of drug-likeness (QED) is 0.827. The second kappa shape index (κ2) is 4.89. The number of hydrogen-bond donors (Lipinski definition) is 2. The minimum absolute atomic E-state index is 0.221. The van der Waals surface area contributed by atoms with Gasteiger partial charge in [0.2, 0.25) is 0 Å². The third-order valence-corrected chi connectivity index (χ3v) is 2.04. The Hall–Kier alpha value is -1.70. The van der Waals surface area contributed by atoms with E-state index in [1.54, 1.807) is 0 Å². The summed E-state index contributed by atoms with van der Waals surface area (Å²) in [5.41, 5.74) is 0.205. The number of carbonyl (C=O) groups excluding carboxylic acids is 1. The van der Waals surface area contributed by atoms with E-state index in [9.17, 15) is 26.7 Å². The van der Waals surface area contributed by atoms with Gasteiger partial charge in [0.05, 0.1) is 6.61 Å². The molecule has 0 saturated heterocycles. The normalized spacial score (nSPS) is 12.3. The van der Waals surface area contributed by atoms with E-state index in [0.717, 1.165) is 12.1 Å². The molecule has 100 valence electrons. The first kappa shape index (κ1) is 14.4. The van der Waals surface area contributed by atoms with Crippen LogP contribution in [0.15, 0.2) is 24.3 Å². The summed E-state index contributed by atoms with van der Waals surface area (Å²) in [5.74, 6) is -7.91. The van der Waals surface area contributed by atoms with Gasteiger partial charge in [-0.3, -0.25) is 4.79 Å². The Morgan fingerprint density at radius 2 is 1.61 bits per heavy atom. The third-order valence-electron chi connectivity index (χ3n) is 2.04. The van der Waals surface area contributed by atoms with Crippen LogP contribution in [-0.2, 0) is 11.4 Å². The van der Waals surface area contributed by atoms with Gasteiger partial charge >= 0.3 is 18.0 Å². The van der Waals surface area contributed by atoms with E-state index in [0.29, 0.717) is 5.56 Å². The average Bonchev–Trinajstić information content (AvgIpc) is 2.28. The second-order valence-corrected chi connectivity index (χ2v) is 3.38. The molecule has 0 aliphatic carbocycles. The topological polar surface area (TPSA) is 49.3 Å². The Kier molecular flexibility index (Phi) is 3.90. The first-order valence-electron chi connectivity index (χ1n) is 4.64.